The van der Waals surface area contributed by atoms with Crippen molar-refractivity contribution in [2.24, 2.45) is 0 Å². The number of nitrogens with zero attached hydrogens (tertiary/aromatic N) is 4. The summed E-state index contributed by atoms with van der Waals surface area (Å²) in [4.78, 5) is 4.21. The van der Waals surface area contributed by atoms with Crippen LogP contribution in [0.25, 0.3) is 0 Å². The van der Waals surface area contributed by atoms with Crippen LogP contribution in [-0.2, 0) is 19.6 Å². The van der Waals surface area contributed by atoms with Crippen molar-refractivity contribution in [1.29, 1.82) is 0 Å². The zero-order valence-corrected chi connectivity index (χ0v) is 11.1. The zero-order chi connectivity index (χ0) is 12.8. The number of nitrogens with one attached hydrogen (secondary N) is 1. The first-order valence-corrected chi connectivity index (χ1v) is 6.48. The smallest absolute Gasteiger partial charge is 0.0949 e. The van der Waals surface area contributed by atoms with Crippen LogP contribution in [0.2, 0.25) is 0 Å². The SMILES string of the molecule is CCCNCc1cncn1CCn1cc(C)cn1. The molecule has 0 aliphatic rings. The molecule has 1 N–H and O–H groups in total. The maximum Gasteiger partial charge on any atom is 0.0949 e. The molecule has 2 aromatic rings. The Labute approximate surface area is 108 Å². The van der Waals surface area contributed by atoms with Crippen LogP contribution in [0, 0.1) is 6.92 Å². The molecule has 0 saturated carbocycles. The van der Waals surface area contributed by atoms with Crippen LogP contribution >= 0.6 is 0 Å². The first-order valence-electron chi connectivity index (χ1n) is 6.48. The molecule has 18 heavy (non-hydrogen) atoms. The topological polar surface area (TPSA) is 47.7 Å². The Morgan fingerprint density at radius 3 is 2.89 bits per heavy atom. The van der Waals surface area contributed by atoms with Gasteiger partial charge in [0.1, 0.15) is 0 Å². The van der Waals surface area contributed by atoms with Crippen LogP contribution in [0.3, 0.4) is 0 Å². The minimum Gasteiger partial charge on any atom is -0.332 e. The molecule has 0 amide bonds. The molecule has 5 heteroatoms. The third-order valence-corrected chi connectivity index (χ3v) is 2.86. The maximum absolute atomic E-state index is 4.29. The highest BCUT2D eigenvalue weighted by Crippen LogP contribution is 2.01. The summed E-state index contributed by atoms with van der Waals surface area (Å²) >= 11 is 0. The summed E-state index contributed by atoms with van der Waals surface area (Å²) in [6.45, 7) is 7.94. The Balaban J connectivity index is 1.87. The molecule has 0 atom stereocenters. The van der Waals surface area contributed by atoms with Crippen molar-refractivity contribution in [3.8, 4) is 0 Å². The van der Waals surface area contributed by atoms with Crippen molar-refractivity contribution >= 4 is 0 Å². The van der Waals surface area contributed by atoms with Crippen LogP contribution < -0.4 is 5.32 Å². The molecule has 0 radical (unpaired) electrons. The van der Waals surface area contributed by atoms with Gasteiger partial charge < -0.3 is 9.88 Å². The number of rotatable bonds is 7. The fourth-order valence-electron chi connectivity index (χ4n) is 1.89. The highest BCUT2D eigenvalue weighted by atomic mass is 15.3. The molecule has 2 rings (SSSR count). The molecule has 0 bridgehead atoms. The largest absolute Gasteiger partial charge is 0.332 e. The molecule has 2 aromatic heterocycles. The van der Waals surface area contributed by atoms with Gasteiger partial charge in [-0.25, -0.2) is 4.98 Å². The summed E-state index contributed by atoms with van der Waals surface area (Å²) in [5.74, 6) is 0. The van der Waals surface area contributed by atoms with E-state index in [1.807, 2.05) is 23.4 Å². The predicted molar refractivity (Wildman–Crippen MR) is 71.2 cm³/mol. The van der Waals surface area contributed by atoms with Crippen molar-refractivity contribution in [2.75, 3.05) is 6.54 Å². The van der Waals surface area contributed by atoms with E-state index in [0.29, 0.717) is 0 Å². The summed E-state index contributed by atoms with van der Waals surface area (Å²) in [5, 5.41) is 7.68. The van der Waals surface area contributed by atoms with Crippen LogP contribution in [0.5, 0.6) is 0 Å². The normalized spacial score (nSPS) is 11.0. The van der Waals surface area contributed by atoms with Crippen LogP contribution in [0.4, 0.5) is 0 Å². The lowest BCUT2D eigenvalue weighted by Crippen LogP contribution is -2.18. The molecule has 0 saturated heterocycles. The first-order chi connectivity index (χ1) is 8.79. The molecular formula is C13H21N5. The minimum absolute atomic E-state index is 0.880. The molecule has 0 aliphatic carbocycles. The lowest BCUT2D eigenvalue weighted by atomic mass is 10.4. The van der Waals surface area contributed by atoms with Gasteiger partial charge in [0, 0.05) is 25.5 Å². The minimum atomic E-state index is 0.880. The molecule has 0 aromatic carbocycles. The van der Waals surface area contributed by atoms with Crippen LogP contribution in [-0.4, -0.2) is 25.9 Å². The second kappa shape index (κ2) is 6.35. The van der Waals surface area contributed by atoms with Crippen LogP contribution in [0.1, 0.15) is 24.6 Å². The van der Waals surface area contributed by atoms with E-state index in [-0.39, 0.29) is 0 Å². The standard InChI is InChI=1S/C13H21N5/c1-3-4-14-8-13-9-15-11-17(13)5-6-18-10-12(2)7-16-18/h7,9-11,14H,3-6,8H2,1-2H3. The molecular weight excluding hydrogens is 226 g/mol. The van der Waals surface area contributed by atoms with Crippen LogP contribution in [0.15, 0.2) is 24.9 Å². The fourth-order valence-corrected chi connectivity index (χ4v) is 1.89. The van der Waals surface area contributed by atoms with Crippen molar-refractivity contribution in [2.45, 2.75) is 39.9 Å². The molecule has 98 valence electrons. The van der Waals surface area contributed by atoms with E-state index in [9.17, 15) is 0 Å². The average Bonchev–Trinajstić information content (AvgIpc) is 2.96. The molecule has 0 spiro atoms. The van der Waals surface area contributed by atoms with Gasteiger partial charge in [0.05, 0.1) is 24.8 Å². The Kier molecular flexibility index (Phi) is 4.52. The molecule has 0 fully saturated rings. The van der Waals surface area contributed by atoms with Gasteiger partial charge in [0.2, 0.25) is 0 Å². The lowest BCUT2D eigenvalue weighted by Gasteiger charge is -2.08. The number of imidazole rings is 1. The first kappa shape index (κ1) is 12.8. The lowest BCUT2D eigenvalue weighted by molar-refractivity contribution is 0.513. The predicted octanol–water partition coefficient (Wildman–Crippen LogP) is 1.59. The molecule has 5 nitrogen and oxygen atoms in total. The second-order valence-corrected chi connectivity index (χ2v) is 4.54. The van der Waals surface area contributed by atoms with Crippen molar-refractivity contribution in [1.82, 2.24) is 24.6 Å². The summed E-state index contributed by atoms with van der Waals surface area (Å²) in [6.07, 6.45) is 8.92. The van der Waals surface area contributed by atoms with E-state index < -0.39 is 0 Å². The van der Waals surface area contributed by atoms with Crippen molar-refractivity contribution < 1.29 is 0 Å². The van der Waals surface area contributed by atoms with Gasteiger partial charge in [-0.05, 0) is 25.5 Å². The third kappa shape index (κ3) is 3.43. The molecule has 0 aliphatic heterocycles. The Bertz CT molecular complexity index is 471. The van der Waals surface area contributed by atoms with Gasteiger partial charge in [-0.2, -0.15) is 5.10 Å². The van der Waals surface area contributed by atoms with E-state index in [1.165, 1.54) is 11.3 Å². The summed E-state index contributed by atoms with van der Waals surface area (Å²) in [7, 11) is 0. The van der Waals surface area contributed by atoms with Gasteiger partial charge in [0.25, 0.3) is 0 Å². The van der Waals surface area contributed by atoms with Gasteiger partial charge in [0.15, 0.2) is 0 Å². The highest BCUT2D eigenvalue weighted by molar-refractivity contribution is 5.00. The van der Waals surface area contributed by atoms with E-state index in [2.05, 4.69) is 40.0 Å². The van der Waals surface area contributed by atoms with Gasteiger partial charge in [-0.3, -0.25) is 4.68 Å². The van der Waals surface area contributed by atoms with Crippen molar-refractivity contribution in [3.63, 3.8) is 0 Å². The van der Waals surface area contributed by atoms with Gasteiger partial charge in [-0.15, -0.1) is 0 Å². The van der Waals surface area contributed by atoms with E-state index in [4.69, 9.17) is 0 Å². The van der Waals surface area contributed by atoms with Gasteiger partial charge in [-0.1, -0.05) is 6.92 Å². The summed E-state index contributed by atoms with van der Waals surface area (Å²) in [5.41, 5.74) is 2.43. The summed E-state index contributed by atoms with van der Waals surface area (Å²) < 4.78 is 4.15. The Morgan fingerprint density at radius 1 is 1.28 bits per heavy atom. The zero-order valence-electron chi connectivity index (χ0n) is 11.1. The van der Waals surface area contributed by atoms with Gasteiger partial charge >= 0.3 is 0 Å². The molecule has 0 unspecified atom stereocenters. The van der Waals surface area contributed by atoms with E-state index >= 15 is 0 Å². The highest BCUT2D eigenvalue weighted by Gasteiger charge is 2.02. The fraction of sp³-hybridized carbons (Fsp3) is 0.538. The Morgan fingerprint density at radius 2 is 2.17 bits per heavy atom. The van der Waals surface area contributed by atoms with E-state index in [0.717, 1.165) is 32.6 Å². The monoisotopic (exact) mass is 247 g/mol. The maximum atomic E-state index is 4.29. The Hall–Kier alpha value is -1.62. The number of aromatic nitrogens is 4. The van der Waals surface area contributed by atoms with Crippen molar-refractivity contribution in [3.05, 3.63) is 36.2 Å². The van der Waals surface area contributed by atoms with E-state index in [1.54, 1.807) is 0 Å². The second-order valence-electron chi connectivity index (χ2n) is 4.54. The third-order valence-electron chi connectivity index (χ3n) is 2.86. The number of hydrogen-bond acceptors (Lipinski definition) is 3. The number of hydrogen-bond donors (Lipinski definition) is 1. The molecule has 2 heterocycles. The summed E-state index contributed by atoms with van der Waals surface area (Å²) in [6, 6.07) is 0. The average molecular weight is 247 g/mol. The number of aryl methyl sites for hydroxylation is 3. The quantitative estimate of drug-likeness (QED) is 0.756.